The first kappa shape index (κ1) is 16.3. The predicted octanol–water partition coefficient (Wildman–Crippen LogP) is 3.85. The van der Waals surface area contributed by atoms with Crippen LogP contribution >= 0.6 is 11.3 Å². The minimum atomic E-state index is -0.245. The molecule has 0 saturated heterocycles. The molecule has 2 aromatic heterocycles. The van der Waals surface area contributed by atoms with Gasteiger partial charge in [-0.15, -0.1) is 16.4 Å². The van der Waals surface area contributed by atoms with Crippen molar-refractivity contribution < 1.29 is 4.39 Å². The van der Waals surface area contributed by atoms with Gasteiger partial charge in [0.05, 0.1) is 17.9 Å². The molecule has 0 aliphatic heterocycles. The summed E-state index contributed by atoms with van der Waals surface area (Å²) in [6.45, 7) is 2.45. The van der Waals surface area contributed by atoms with E-state index in [1.54, 1.807) is 28.2 Å². The third-order valence-corrected chi connectivity index (χ3v) is 4.77. The molecule has 4 aromatic rings. The first-order chi connectivity index (χ1) is 12.7. The fourth-order valence-electron chi connectivity index (χ4n) is 2.52. The van der Waals surface area contributed by atoms with Crippen molar-refractivity contribution in [2.75, 3.05) is 5.32 Å². The number of benzene rings is 2. The van der Waals surface area contributed by atoms with E-state index in [-0.39, 0.29) is 5.82 Å². The summed E-state index contributed by atoms with van der Waals surface area (Å²) in [4.78, 5) is 4.61. The normalized spacial score (nSPS) is 10.8. The molecule has 130 valence electrons. The van der Waals surface area contributed by atoms with Crippen molar-refractivity contribution in [1.82, 2.24) is 25.2 Å². The van der Waals surface area contributed by atoms with Gasteiger partial charge in [-0.1, -0.05) is 6.07 Å². The van der Waals surface area contributed by atoms with Crippen molar-refractivity contribution in [2.24, 2.45) is 0 Å². The molecule has 6 nitrogen and oxygen atoms in total. The minimum Gasteiger partial charge on any atom is -0.379 e. The number of hydrogen-bond acceptors (Lipinski definition) is 6. The van der Waals surface area contributed by atoms with Crippen LogP contribution in [0.4, 0.5) is 10.1 Å². The van der Waals surface area contributed by atoms with Gasteiger partial charge in [-0.2, -0.15) is 4.68 Å². The summed E-state index contributed by atoms with van der Waals surface area (Å²) >= 11 is 1.54. The smallest absolute Gasteiger partial charge is 0.153 e. The first-order valence-corrected chi connectivity index (χ1v) is 8.87. The molecule has 0 spiro atoms. The number of anilines is 1. The van der Waals surface area contributed by atoms with E-state index >= 15 is 0 Å². The van der Waals surface area contributed by atoms with Crippen LogP contribution in [0.2, 0.25) is 0 Å². The third kappa shape index (κ3) is 3.45. The maximum absolute atomic E-state index is 13.0. The van der Waals surface area contributed by atoms with E-state index in [4.69, 9.17) is 0 Å². The third-order valence-electron chi connectivity index (χ3n) is 3.83. The molecule has 0 unspecified atom stereocenters. The zero-order chi connectivity index (χ0) is 17.9. The summed E-state index contributed by atoms with van der Waals surface area (Å²) in [5.74, 6) is 0.482. The van der Waals surface area contributed by atoms with E-state index in [9.17, 15) is 4.39 Å². The summed E-state index contributed by atoms with van der Waals surface area (Å²) in [5.41, 5.74) is 3.69. The Bertz CT molecular complexity index is 1020. The SMILES string of the molecule is Cc1nnnn1-c1cccc(NCc2csc(-c3ccc(F)cc3)n2)c1. The molecular formula is C18H15FN6S. The number of halogens is 1. The number of tetrazole rings is 1. The van der Waals surface area contributed by atoms with Gasteiger partial charge >= 0.3 is 0 Å². The summed E-state index contributed by atoms with van der Waals surface area (Å²) < 4.78 is 14.7. The molecule has 1 N–H and O–H groups in total. The lowest BCUT2D eigenvalue weighted by molar-refractivity contribution is 0.628. The van der Waals surface area contributed by atoms with Crippen LogP contribution in [0.15, 0.2) is 53.9 Å². The Morgan fingerprint density at radius 2 is 2.00 bits per heavy atom. The maximum Gasteiger partial charge on any atom is 0.153 e. The van der Waals surface area contributed by atoms with Crippen LogP contribution in [-0.4, -0.2) is 25.2 Å². The Balaban J connectivity index is 1.46. The predicted molar refractivity (Wildman–Crippen MR) is 98.7 cm³/mol. The van der Waals surface area contributed by atoms with Crippen molar-refractivity contribution in [3.63, 3.8) is 0 Å². The highest BCUT2D eigenvalue weighted by Gasteiger charge is 2.07. The van der Waals surface area contributed by atoms with Gasteiger partial charge in [0.15, 0.2) is 5.82 Å². The molecule has 0 radical (unpaired) electrons. The second-order valence-electron chi connectivity index (χ2n) is 5.69. The lowest BCUT2D eigenvalue weighted by atomic mass is 10.2. The van der Waals surface area contributed by atoms with Gasteiger partial charge in [0, 0.05) is 16.6 Å². The fraction of sp³-hybridized carbons (Fsp3) is 0.111. The largest absolute Gasteiger partial charge is 0.379 e. The topological polar surface area (TPSA) is 68.5 Å². The van der Waals surface area contributed by atoms with Crippen molar-refractivity contribution in [3.05, 3.63) is 71.2 Å². The van der Waals surface area contributed by atoms with E-state index in [0.29, 0.717) is 6.54 Å². The Morgan fingerprint density at radius 3 is 2.77 bits per heavy atom. The van der Waals surface area contributed by atoms with Gasteiger partial charge in [-0.05, 0) is 59.8 Å². The average molecular weight is 366 g/mol. The van der Waals surface area contributed by atoms with Gasteiger partial charge in [-0.3, -0.25) is 0 Å². The number of hydrogen-bond donors (Lipinski definition) is 1. The molecule has 0 aliphatic rings. The highest BCUT2D eigenvalue weighted by molar-refractivity contribution is 7.13. The zero-order valence-corrected chi connectivity index (χ0v) is 14.7. The molecule has 2 heterocycles. The maximum atomic E-state index is 13.0. The molecule has 0 fully saturated rings. The zero-order valence-electron chi connectivity index (χ0n) is 13.9. The molecule has 0 atom stereocenters. The number of nitrogens with zero attached hydrogens (tertiary/aromatic N) is 5. The quantitative estimate of drug-likeness (QED) is 0.581. The van der Waals surface area contributed by atoms with Gasteiger partial charge in [0.1, 0.15) is 10.8 Å². The summed E-state index contributed by atoms with van der Waals surface area (Å²) in [7, 11) is 0. The molecule has 0 aliphatic carbocycles. The van der Waals surface area contributed by atoms with Gasteiger partial charge in [0.2, 0.25) is 0 Å². The van der Waals surface area contributed by atoms with Crippen LogP contribution < -0.4 is 5.32 Å². The van der Waals surface area contributed by atoms with Crippen molar-refractivity contribution >= 4 is 17.0 Å². The van der Waals surface area contributed by atoms with Crippen LogP contribution in [0.25, 0.3) is 16.3 Å². The highest BCUT2D eigenvalue weighted by Crippen LogP contribution is 2.24. The van der Waals surface area contributed by atoms with E-state index in [2.05, 4.69) is 25.8 Å². The molecule has 0 bridgehead atoms. The average Bonchev–Trinajstić information content (AvgIpc) is 3.30. The number of nitrogens with one attached hydrogen (secondary N) is 1. The Hall–Kier alpha value is -3.13. The lowest BCUT2D eigenvalue weighted by Gasteiger charge is -2.07. The van der Waals surface area contributed by atoms with Crippen LogP contribution in [0.3, 0.4) is 0 Å². The highest BCUT2D eigenvalue weighted by atomic mass is 32.1. The van der Waals surface area contributed by atoms with Crippen LogP contribution in [-0.2, 0) is 6.54 Å². The van der Waals surface area contributed by atoms with E-state index in [0.717, 1.165) is 33.5 Å². The lowest BCUT2D eigenvalue weighted by Crippen LogP contribution is -2.03. The Kier molecular flexibility index (Phi) is 4.40. The van der Waals surface area contributed by atoms with Crippen molar-refractivity contribution in [2.45, 2.75) is 13.5 Å². The van der Waals surface area contributed by atoms with Crippen LogP contribution in [0.5, 0.6) is 0 Å². The summed E-state index contributed by atoms with van der Waals surface area (Å²) in [6, 6.07) is 14.2. The van der Waals surface area contributed by atoms with Crippen molar-refractivity contribution in [1.29, 1.82) is 0 Å². The van der Waals surface area contributed by atoms with Crippen LogP contribution in [0.1, 0.15) is 11.5 Å². The molecule has 26 heavy (non-hydrogen) atoms. The molecule has 4 rings (SSSR count). The minimum absolute atomic E-state index is 0.245. The second-order valence-corrected chi connectivity index (χ2v) is 6.55. The monoisotopic (exact) mass is 366 g/mol. The second kappa shape index (κ2) is 7.01. The van der Waals surface area contributed by atoms with Gasteiger partial charge in [-0.25, -0.2) is 9.37 Å². The Morgan fingerprint density at radius 1 is 1.15 bits per heavy atom. The number of thiazole rings is 1. The standard InChI is InChI=1S/C18H15FN6S/c1-12-22-23-24-25(12)17-4-2-3-15(9-17)20-10-16-11-26-18(21-16)13-5-7-14(19)8-6-13/h2-9,11,20H,10H2,1H3. The molecule has 2 aromatic carbocycles. The molecule has 0 amide bonds. The van der Waals surface area contributed by atoms with Crippen LogP contribution in [0, 0.1) is 12.7 Å². The summed E-state index contributed by atoms with van der Waals surface area (Å²) in [5, 5.41) is 17.8. The summed E-state index contributed by atoms with van der Waals surface area (Å²) in [6.07, 6.45) is 0. The van der Waals surface area contributed by atoms with Gasteiger partial charge < -0.3 is 5.32 Å². The van der Waals surface area contributed by atoms with Gasteiger partial charge in [0.25, 0.3) is 0 Å². The molecular weight excluding hydrogens is 351 g/mol. The van der Waals surface area contributed by atoms with E-state index in [1.165, 1.54) is 12.1 Å². The molecule has 0 saturated carbocycles. The Labute approximate surface area is 153 Å². The van der Waals surface area contributed by atoms with E-state index < -0.39 is 0 Å². The molecule has 8 heteroatoms. The first-order valence-electron chi connectivity index (χ1n) is 7.99. The number of aromatic nitrogens is 5. The van der Waals surface area contributed by atoms with Crippen molar-refractivity contribution in [3.8, 4) is 16.3 Å². The fourth-order valence-corrected chi connectivity index (χ4v) is 3.35. The number of aryl methyl sites for hydroxylation is 1. The van der Waals surface area contributed by atoms with E-state index in [1.807, 2.05) is 36.6 Å². The number of rotatable bonds is 5.